The molecule has 0 aliphatic carbocycles. The average Bonchev–Trinajstić information content (AvgIpc) is 2.44. The smallest absolute Gasteiger partial charge is 0.407 e. The highest BCUT2D eigenvalue weighted by atomic mass is 32.2. The second kappa shape index (κ2) is 2.05. The Hall–Kier alpha value is -0.380. The van der Waals surface area contributed by atoms with Crippen LogP contribution in [0.5, 0.6) is 0 Å². The highest BCUT2D eigenvalue weighted by Gasteiger charge is 2.40. The molecule has 3 nitrogen and oxygen atoms in total. The van der Waals surface area contributed by atoms with E-state index in [4.69, 9.17) is 5.11 Å². The lowest BCUT2D eigenvalue weighted by atomic mass is 10.2. The van der Waals surface area contributed by atoms with Crippen LogP contribution in [0.3, 0.4) is 0 Å². The largest absolute Gasteiger partial charge is 0.465 e. The van der Waals surface area contributed by atoms with Gasteiger partial charge in [-0.15, -0.1) is 0 Å². The van der Waals surface area contributed by atoms with Crippen molar-refractivity contribution in [2.75, 3.05) is 12.3 Å². The van der Waals surface area contributed by atoms with E-state index < -0.39 is 6.09 Å². The van der Waals surface area contributed by atoms with Gasteiger partial charge in [-0.25, -0.2) is 4.79 Å². The molecule has 2 heterocycles. The zero-order valence-corrected chi connectivity index (χ0v) is 6.30. The number of rotatable bonds is 0. The Morgan fingerprint density at radius 3 is 2.80 bits per heavy atom. The Kier molecular flexibility index (Phi) is 1.30. The van der Waals surface area contributed by atoms with Crippen molar-refractivity contribution >= 4 is 17.9 Å². The molecule has 10 heavy (non-hydrogen) atoms. The van der Waals surface area contributed by atoms with Gasteiger partial charge in [0.05, 0.1) is 0 Å². The van der Waals surface area contributed by atoms with Crippen LogP contribution in [0.2, 0.25) is 0 Å². The molecule has 2 bridgehead atoms. The molecule has 2 unspecified atom stereocenters. The van der Waals surface area contributed by atoms with Crippen LogP contribution in [-0.2, 0) is 0 Å². The second-order valence-corrected chi connectivity index (χ2v) is 4.11. The van der Waals surface area contributed by atoms with Gasteiger partial charge >= 0.3 is 6.09 Å². The average molecular weight is 159 g/mol. The van der Waals surface area contributed by atoms with Gasteiger partial charge in [-0.3, -0.25) is 0 Å². The van der Waals surface area contributed by atoms with Crippen LogP contribution in [0.15, 0.2) is 0 Å². The lowest BCUT2D eigenvalue weighted by molar-refractivity contribution is 0.143. The Bertz CT molecular complexity index is 173. The van der Waals surface area contributed by atoms with E-state index in [2.05, 4.69) is 0 Å². The van der Waals surface area contributed by atoms with Crippen molar-refractivity contribution in [2.45, 2.75) is 17.7 Å². The molecule has 2 aliphatic heterocycles. The zero-order valence-electron chi connectivity index (χ0n) is 5.49. The lowest BCUT2D eigenvalue weighted by Crippen LogP contribution is -2.37. The van der Waals surface area contributed by atoms with Gasteiger partial charge in [-0.1, -0.05) is 0 Å². The van der Waals surface area contributed by atoms with E-state index in [1.807, 2.05) is 11.8 Å². The van der Waals surface area contributed by atoms with Gasteiger partial charge in [0.2, 0.25) is 0 Å². The van der Waals surface area contributed by atoms with E-state index in [9.17, 15) is 4.79 Å². The van der Waals surface area contributed by atoms with Crippen LogP contribution in [0.1, 0.15) is 6.42 Å². The predicted octanol–water partition coefficient (Wildman–Crippen LogP) is 0.854. The third-order valence-corrected chi connectivity index (χ3v) is 3.54. The number of hydrogen-bond donors (Lipinski definition) is 1. The molecule has 2 aliphatic rings. The van der Waals surface area contributed by atoms with E-state index in [1.165, 1.54) is 0 Å². The number of nitrogens with zero attached hydrogens (tertiary/aromatic N) is 1. The summed E-state index contributed by atoms with van der Waals surface area (Å²) in [5, 5.41) is 9.25. The molecule has 0 aromatic rings. The lowest BCUT2D eigenvalue weighted by Gasteiger charge is -2.22. The van der Waals surface area contributed by atoms with Gasteiger partial charge < -0.3 is 10.0 Å². The number of carbonyl (C=O) groups is 1. The Balaban J connectivity index is 2.08. The van der Waals surface area contributed by atoms with Crippen LogP contribution in [0, 0.1) is 0 Å². The topological polar surface area (TPSA) is 40.5 Å². The van der Waals surface area contributed by atoms with E-state index in [0.717, 1.165) is 18.7 Å². The summed E-state index contributed by atoms with van der Waals surface area (Å²) in [5.41, 5.74) is 0. The number of fused-ring (bicyclic) bond motifs is 2. The molecule has 56 valence electrons. The maximum Gasteiger partial charge on any atom is 0.407 e. The van der Waals surface area contributed by atoms with E-state index in [-0.39, 0.29) is 0 Å². The molecule has 0 spiro atoms. The zero-order chi connectivity index (χ0) is 7.14. The molecule has 1 amide bonds. The fourth-order valence-corrected chi connectivity index (χ4v) is 3.07. The Morgan fingerprint density at radius 2 is 2.50 bits per heavy atom. The summed E-state index contributed by atoms with van der Waals surface area (Å²) < 4.78 is 0. The molecule has 2 fully saturated rings. The number of carboxylic acid groups (broad SMARTS) is 1. The highest BCUT2D eigenvalue weighted by Crippen LogP contribution is 2.37. The number of thioether (sulfide) groups is 1. The summed E-state index contributed by atoms with van der Waals surface area (Å²) in [4.78, 5) is 12.1. The van der Waals surface area contributed by atoms with E-state index >= 15 is 0 Å². The van der Waals surface area contributed by atoms with Crippen LogP contribution in [0.25, 0.3) is 0 Å². The van der Waals surface area contributed by atoms with Crippen LogP contribution < -0.4 is 0 Å². The fraction of sp³-hybridized carbons (Fsp3) is 0.833. The summed E-state index contributed by atoms with van der Waals surface area (Å²) in [6, 6.07) is 0.326. The molecule has 0 saturated carbocycles. The van der Waals surface area contributed by atoms with Crippen molar-refractivity contribution in [3.05, 3.63) is 0 Å². The van der Waals surface area contributed by atoms with Crippen molar-refractivity contribution in [3.8, 4) is 0 Å². The number of hydrogen-bond acceptors (Lipinski definition) is 2. The molecule has 4 heteroatoms. The molecular formula is C6H9NO2S. The molecule has 0 aromatic heterocycles. The van der Waals surface area contributed by atoms with Gasteiger partial charge in [-0.2, -0.15) is 11.8 Å². The first kappa shape index (κ1) is 6.34. The molecule has 2 rings (SSSR count). The van der Waals surface area contributed by atoms with Crippen molar-refractivity contribution in [3.63, 3.8) is 0 Å². The SMILES string of the molecule is O=C(O)N1CC2CC1CS2. The Labute approximate surface area is 63.4 Å². The van der Waals surface area contributed by atoms with Crippen molar-refractivity contribution in [1.82, 2.24) is 4.90 Å². The minimum Gasteiger partial charge on any atom is -0.465 e. The van der Waals surface area contributed by atoms with Crippen LogP contribution in [-0.4, -0.2) is 39.7 Å². The van der Waals surface area contributed by atoms with Crippen molar-refractivity contribution in [1.29, 1.82) is 0 Å². The highest BCUT2D eigenvalue weighted by molar-refractivity contribution is 8.00. The summed E-state index contributed by atoms with van der Waals surface area (Å²) in [6.45, 7) is 0.755. The minimum atomic E-state index is -0.743. The molecule has 2 saturated heterocycles. The summed E-state index contributed by atoms with van der Waals surface area (Å²) in [5.74, 6) is 1.01. The van der Waals surface area contributed by atoms with Crippen LogP contribution in [0.4, 0.5) is 4.79 Å². The van der Waals surface area contributed by atoms with Gasteiger partial charge in [0.1, 0.15) is 0 Å². The van der Waals surface area contributed by atoms with Crippen molar-refractivity contribution < 1.29 is 9.90 Å². The second-order valence-electron chi connectivity index (χ2n) is 2.78. The summed E-state index contributed by atoms with van der Waals surface area (Å²) in [7, 11) is 0. The molecule has 0 radical (unpaired) electrons. The predicted molar refractivity (Wildman–Crippen MR) is 39.4 cm³/mol. The van der Waals surface area contributed by atoms with Gasteiger partial charge in [0.25, 0.3) is 0 Å². The number of likely N-dealkylation sites (tertiary alicyclic amines) is 1. The monoisotopic (exact) mass is 159 g/mol. The first-order valence-electron chi connectivity index (χ1n) is 3.38. The number of amides is 1. The standard InChI is InChI=1S/C6H9NO2S/c8-6(9)7-2-5-1-4(7)3-10-5/h4-5H,1-3H2,(H,8,9). The minimum absolute atomic E-state index is 0.326. The third kappa shape index (κ3) is 0.785. The summed E-state index contributed by atoms with van der Waals surface area (Å²) >= 11 is 1.91. The summed E-state index contributed by atoms with van der Waals surface area (Å²) in [6.07, 6.45) is 0.338. The molecule has 1 N–H and O–H groups in total. The molecule has 0 aromatic carbocycles. The Morgan fingerprint density at radius 1 is 1.70 bits per heavy atom. The fourth-order valence-electron chi connectivity index (χ4n) is 1.63. The van der Waals surface area contributed by atoms with Gasteiger partial charge in [-0.05, 0) is 6.42 Å². The molecular weight excluding hydrogens is 150 g/mol. The van der Waals surface area contributed by atoms with Gasteiger partial charge in [0, 0.05) is 23.6 Å². The van der Waals surface area contributed by atoms with E-state index in [0.29, 0.717) is 11.3 Å². The van der Waals surface area contributed by atoms with Crippen molar-refractivity contribution in [2.24, 2.45) is 0 Å². The quantitative estimate of drug-likeness (QED) is 0.569. The van der Waals surface area contributed by atoms with E-state index in [1.54, 1.807) is 4.90 Å². The normalized spacial score (nSPS) is 37.0. The third-order valence-electron chi connectivity index (χ3n) is 2.15. The first-order valence-corrected chi connectivity index (χ1v) is 4.43. The first-order chi connectivity index (χ1) is 4.77. The van der Waals surface area contributed by atoms with Crippen LogP contribution >= 0.6 is 11.8 Å². The van der Waals surface area contributed by atoms with Gasteiger partial charge in [0.15, 0.2) is 0 Å². The maximum atomic E-state index is 10.5. The molecule has 2 atom stereocenters. The maximum absolute atomic E-state index is 10.5.